The Morgan fingerprint density at radius 2 is 1.82 bits per heavy atom. The lowest BCUT2D eigenvalue weighted by Crippen LogP contribution is -2.08. The topological polar surface area (TPSA) is 47.8 Å². The van der Waals surface area contributed by atoms with Crippen molar-refractivity contribution in [2.24, 2.45) is 0 Å². The second-order valence-corrected chi connectivity index (χ2v) is 5.48. The van der Waals surface area contributed by atoms with Crippen LogP contribution in [0.15, 0.2) is 54.6 Å². The molecule has 3 aromatic rings. The van der Waals surface area contributed by atoms with Gasteiger partial charge in [-0.3, -0.25) is 4.79 Å². The lowest BCUT2D eigenvalue weighted by atomic mass is 10.0. The summed E-state index contributed by atoms with van der Waals surface area (Å²) < 4.78 is 1.31. The molecular weight excluding hydrogens is 274 g/mol. The maximum absolute atomic E-state index is 12.2. The molecule has 0 radical (unpaired) electrons. The highest BCUT2D eigenvalue weighted by atomic mass is 16.2. The summed E-state index contributed by atoms with van der Waals surface area (Å²) in [7, 11) is 0. The molecule has 0 atom stereocenters. The van der Waals surface area contributed by atoms with E-state index in [-0.39, 0.29) is 5.91 Å². The molecule has 0 unspecified atom stereocenters. The van der Waals surface area contributed by atoms with E-state index in [2.05, 4.69) is 36.3 Å². The van der Waals surface area contributed by atoms with Crippen molar-refractivity contribution < 1.29 is 4.79 Å². The Kier molecular flexibility index (Phi) is 3.83. The molecule has 0 N–H and O–H groups in total. The van der Waals surface area contributed by atoms with Gasteiger partial charge in [-0.25, -0.2) is 0 Å². The molecule has 3 rings (SSSR count). The van der Waals surface area contributed by atoms with Gasteiger partial charge in [0.15, 0.2) is 0 Å². The maximum atomic E-state index is 12.2. The summed E-state index contributed by atoms with van der Waals surface area (Å²) in [6, 6.07) is 15.6. The van der Waals surface area contributed by atoms with Crippen molar-refractivity contribution in [1.82, 2.24) is 15.0 Å². The zero-order valence-corrected chi connectivity index (χ0v) is 12.6. The lowest BCUT2D eigenvalue weighted by Gasteiger charge is -2.04. The Bertz CT molecular complexity index is 829. The lowest BCUT2D eigenvalue weighted by molar-refractivity contribution is 0.0958. The van der Waals surface area contributed by atoms with Crippen LogP contribution in [0.4, 0.5) is 0 Å². The van der Waals surface area contributed by atoms with Gasteiger partial charge in [0.2, 0.25) is 0 Å². The van der Waals surface area contributed by atoms with E-state index in [1.165, 1.54) is 16.3 Å². The van der Waals surface area contributed by atoms with Gasteiger partial charge >= 0.3 is 0 Å². The molecule has 1 aromatic heterocycles. The van der Waals surface area contributed by atoms with Crippen LogP contribution in [0.1, 0.15) is 35.7 Å². The van der Waals surface area contributed by atoms with Crippen LogP contribution < -0.4 is 0 Å². The molecule has 0 bridgehead atoms. The summed E-state index contributed by atoms with van der Waals surface area (Å²) >= 11 is 0. The minimum Gasteiger partial charge on any atom is -0.267 e. The molecular formula is C18H17N3O. The molecule has 0 aliphatic carbocycles. The molecule has 110 valence electrons. The van der Waals surface area contributed by atoms with E-state index >= 15 is 0 Å². The van der Waals surface area contributed by atoms with Crippen molar-refractivity contribution in [3.63, 3.8) is 0 Å². The second-order valence-electron chi connectivity index (χ2n) is 5.48. The first kappa shape index (κ1) is 14.2. The van der Waals surface area contributed by atoms with Gasteiger partial charge in [0, 0.05) is 6.08 Å². The minimum atomic E-state index is -0.207. The Morgan fingerprint density at radius 3 is 2.55 bits per heavy atom. The van der Waals surface area contributed by atoms with Crippen LogP contribution in [-0.4, -0.2) is 20.9 Å². The number of aromatic nitrogens is 3. The number of carbonyl (C=O) groups is 1. The molecule has 1 heterocycles. The predicted molar refractivity (Wildman–Crippen MR) is 87.7 cm³/mol. The van der Waals surface area contributed by atoms with E-state index < -0.39 is 0 Å². The molecule has 4 nitrogen and oxygen atoms in total. The average molecular weight is 291 g/mol. The normalized spacial score (nSPS) is 11.6. The molecule has 0 saturated heterocycles. The molecule has 0 saturated carbocycles. The van der Waals surface area contributed by atoms with Crippen LogP contribution in [0.5, 0.6) is 0 Å². The molecule has 2 aromatic carbocycles. The minimum absolute atomic E-state index is 0.207. The second kappa shape index (κ2) is 5.93. The van der Waals surface area contributed by atoms with Gasteiger partial charge in [-0.2, -0.15) is 4.68 Å². The molecule has 0 amide bonds. The van der Waals surface area contributed by atoms with E-state index in [1.54, 1.807) is 6.08 Å². The molecule has 4 heteroatoms. The summed E-state index contributed by atoms with van der Waals surface area (Å²) in [5.41, 5.74) is 3.70. The van der Waals surface area contributed by atoms with E-state index in [0.717, 1.165) is 5.56 Å². The van der Waals surface area contributed by atoms with E-state index in [4.69, 9.17) is 0 Å². The van der Waals surface area contributed by atoms with Crippen molar-refractivity contribution in [2.75, 3.05) is 0 Å². The number of nitrogens with zero attached hydrogens (tertiary/aromatic N) is 3. The fourth-order valence-corrected chi connectivity index (χ4v) is 2.26. The number of rotatable bonds is 3. The average Bonchev–Trinajstić information content (AvgIpc) is 2.97. The first-order valence-corrected chi connectivity index (χ1v) is 7.28. The van der Waals surface area contributed by atoms with E-state index in [1.807, 2.05) is 36.4 Å². The smallest absolute Gasteiger partial charge is 0.267 e. The number of allylic oxidation sites excluding steroid dienone is 1. The highest BCUT2D eigenvalue weighted by Crippen LogP contribution is 2.15. The maximum Gasteiger partial charge on any atom is 0.272 e. The van der Waals surface area contributed by atoms with Gasteiger partial charge in [0.05, 0.1) is 5.52 Å². The SMILES string of the molecule is CC(C)c1ccc(/C=C/C(=O)n2nnc3ccccc32)cc1. The summed E-state index contributed by atoms with van der Waals surface area (Å²) in [6.45, 7) is 4.31. The van der Waals surface area contributed by atoms with Gasteiger partial charge in [-0.15, -0.1) is 5.10 Å². The summed E-state index contributed by atoms with van der Waals surface area (Å²) in [5, 5.41) is 7.89. The number of fused-ring (bicyclic) bond motifs is 1. The van der Waals surface area contributed by atoms with Gasteiger partial charge in [-0.05, 0) is 35.3 Å². The van der Waals surface area contributed by atoms with Crippen molar-refractivity contribution in [1.29, 1.82) is 0 Å². The van der Waals surface area contributed by atoms with Gasteiger partial charge < -0.3 is 0 Å². The van der Waals surface area contributed by atoms with Crippen molar-refractivity contribution in [3.8, 4) is 0 Å². The van der Waals surface area contributed by atoms with Crippen LogP contribution in [0, 0.1) is 0 Å². The summed E-state index contributed by atoms with van der Waals surface area (Å²) in [4.78, 5) is 12.2. The van der Waals surface area contributed by atoms with Gasteiger partial charge in [0.25, 0.3) is 5.91 Å². The molecule has 0 aliphatic rings. The molecule has 0 aliphatic heterocycles. The van der Waals surface area contributed by atoms with E-state index in [9.17, 15) is 4.79 Å². The monoisotopic (exact) mass is 291 g/mol. The van der Waals surface area contributed by atoms with Crippen LogP contribution in [0.3, 0.4) is 0 Å². The Labute approximate surface area is 129 Å². The van der Waals surface area contributed by atoms with Crippen molar-refractivity contribution in [3.05, 3.63) is 65.7 Å². The van der Waals surface area contributed by atoms with Crippen LogP contribution in [0.2, 0.25) is 0 Å². The van der Waals surface area contributed by atoms with Crippen LogP contribution >= 0.6 is 0 Å². The van der Waals surface area contributed by atoms with Crippen molar-refractivity contribution in [2.45, 2.75) is 19.8 Å². The zero-order chi connectivity index (χ0) is 15.5. The third kappa shape index (κ3) is 2.81. The number of benzene rings is 2. The van der Waals surface area contributed by atoms with Gasteiger partial charge in [-0.1, -0.05) is 55.5 Å². The Morgan fingerprint density at radius 1 is 1.09 bits per heavy atom. The van der Waals surface area contributed by atoms with Crippen LogP contribution in [-0.2, 0) is 0 Å². The molecule has 0 spiro atoms. The molecule has 0 fully saturated rings. The number of hydrogen-bond donors (Lipinski definition) is 0. The van der Waals surface area contributed by atoms with E-state index in [0.29, 0.717) is 17.0 Å². The standard InChI is InChI=1S/C18H17N3O/c1-13(2)15-10-7-14(8-11-15)9-12-18(22)21-17-6-4-3-5-16(17)19-20-21/h3-13H,1-2H3/b12-9+. The van der Waals surface area contributed by atoms with Gasteiger partial charge in [0.1, 0.15) is 5.52 Å². The number of carbonyl (C=O) groups excluding carboxylic acids is 1. The fourth-order valence-electron chi connectivity index (χ4n) is 2.26. The molecule has 22 heavy (non-hydrogen) atoms. The third-order valence-corrected chi connectivity index (χ3v) is 3.58. The Balaban J connectivity index is 1.81. The highest BCUT2D eigenvalue weighted by molar-refractivity contribution is 5.98. The number of para-hydroxylation sites is 1. The summed E-state index contributed by atoms with van der Waals surface area (Å²) in [6.07, 6.45) is 3.31. The fraction of sp³-hybridized carbons (Fsp3) is 0.167. The summed E-state index contributed by atoms with van der Waals surface area (Å²) in [5.74, 6) is 0.294. The van der Waals surface area contributed by atoms with Crippen LogP contribution in [0.25, 0.3) is 17.1 Å². The Hall–Kier alpha value is -2.75. The van der Waals surface area contributed by atoms with Crippen molar-refractivity contribution >= 4 is 23.0 Å². The first-order chi connectivity index (χ1) is 10.6. The first-order valence-electron chi connectivity index (χ1n) is 7.28. The highest BCUT2D eigenvalue weighted by Gasteiger charge is 2.08. The largest absolute Gasteiger partial charge is 0.272 e. The quantitative estimate of drug-likeness (QED) is 0.687. The predicted octanol–water partition coefficient (Wildman–Crippen LogP) is 3.91. The zero-order valence-electron chi connectivity index (χ0n) is 12.6. The third-order valence-electron chi connectivity index (χ3n) is 3.58. The number of hydrogen-bond acceptors (Lipinski definition) is 3.